The van der Waals surface area contributed by atoms with Crippen molar-refractivity contribution in [1.29, 1.82) is 0 Å². The molecular weight excluding hydrogens is 226 g/mol. The molecule has 0 saturated carbocycles. The number of nitrogens with one attached hydrogen (secondary N) is 1. The number of fused-ring (bicyclic) bond motifs is 3. The summed E-state index contributed by atoms with van der Waals surface area (Å²) in [5, 5.41) is 4.60. The van der Waals surface area contributed by atoms with Crippen LogP contribution < -0.4 is 5.32 Å². The van der Waals surface area contributed by atoms with E-state index in [1.54, 1.807) is 0 Å². The molecule has 2 heterocycles. The van der Waals surface area contributed by atoms with Gasteiger partial charge in [0, 0.05) is 16.9 Å². The zero-order chi connectivity index (χ0) is 13.0. The molecule has 2 aromatic rings. The maximum Gasteiger partial charge on any atom is 0.134 e. The first kappa shape index (κ1) is 12.8. The van der Waals surface area contributed by atoms with Crippen molar-refractivity contribution in [3.05, 3.63) is 35.6 Å². The number of carbonyl (C=O) groups is 1. The Bertz CT molecular complexity index is 528. The smallest absolute Gasteiger partial charge is 0.134 e. The molecule has 1 aliphatic rings. The van der Waals surface area contributed by atoms with Crippen molar-refractivity contribution in [3.63, 3.8) is 0 Å². The van der Waals surface area contributed by atoms with Crippen LogP contribution in [0.25, 0.3) is 11.0 Å². The normalized spacial score (nSPS) is 13.9. The summed E-state index contributed by atoms with van der Waals surface area (Å²) >= 11 is 0. The van der Waals surface area contributed by atoms with E-state index in [4.69, 9.17) is 4.42 Å². The highest BCUT2D eigenvalue weighted by Crippen LogP contribution is 2.27. The highest BCUT2D eigenvalue weighted by Gasteiger charge is 2.16. The maximum absolute atomic E-state index is 9.50. The number of furan rings is 1. The first-order chi connectivity index (χ1) is 8.72. The molecule has 1 N–H and O–H groups in total. The third kappa shape index (κ3) is 2.79. The van der Waals surface area contributed by atoms with Gasteiger partial charge in [-0.15, -0.1) is 0 Å². The Kier molecular flexibility index (Phi) is 4.15. The van der Waals surface area contributed by atoms with Gasteiger partial charge in [-0.25, -0.2) is 0 Å². The predicted molar refractivity (Wildman–Crippen MR) is 72.5 cm³/mol. The molecule has 0 radical (unpaired) electrons. The van der Waals surface area contributed by atoms with Crippen LogP contribution in [0, 0.1) is 5.92 Å². The molecule has 3 rings (SSSR count). The Morgan fingerprint density at radius 1 is 1.33 bits per heavy atom. The van der Waals surface area contributed by atoms with Gasteiger partial charge in [0.05, 0.1) is 6.54 Å². The minimum Gasteiger partial charge on any atom is -0.459 e. The fourth-order valence-corrected chi connectivity index (χ4v) is 1.98. The van der Waals surface area contributed by atoms with Crippen molar-refractivity contribution < 1.29 is 9.21 Å². The molecule has 3 nitrogen and oxygen atoms in total. The van der Waals surface area contributed by atoms with E-state index >= 15 is 0 Å². The van der Waals surface area contributed by atoms with E-state index in [1.165, 1.54) is 10.9 Å². The molecule has 0 unspecified atom stereocenters. The van der Waals surface area contributed by atoms with Crippen LogP contribution in [0.2, 0.25) is 0 Å². The lowest BCUT2D eigenvalue weighted by molar-refractivity contribution is -0.110. The van der Waals surface area contributed by atoms with E-state index in [1.807, 2.05) is 26.0 Å². The lowest BCUT2D eigenvalue weighted by Gasteiger charge is -2.10. The molecule has 0 fully saturated rings. The number of hydrogen-bond acceptors (Lipinski definition) is 3. The highest BCUT2D eigenvalue weighted by atomic mass is 16.3. The summed E-state index contributed by atoms with van der Waals surface area (Å²) in [7, 11) is 0. The Balaban J connectivity index is 0.000000209. The molecule has 0 spiro atoms. The lowest BCUT2D eigenvalue weighted by Crippen LogP contribution is -2.22. The van der Waals surface area contributed by atoms with Gasteiger partial charge < -0.3 is 14.5 Å². The lowest BCUT2D eigenvalue weighted by atomic mass is 10.1. The van der Waals surface area contributed by atoms with Gasteiger partial charge in [0.1, 0.15) is 17.6 Å². The molecule has 96 valence electrons. The Morgan fingerprint density at radius 3 is 2.78 bits per heavy atom. The van der Waals surface area contributed by atoms with E-state index in [2.05, 4.69) is 17.4 Å². The van der Waals surface area contributed by atoms with Gasteiger partial charge in [0.15, 0.2) is 0 Å². The molecule has 0 aliphatic carbocycles. The highest BCUT2D eigenvalue weighted by molar-refractivity contribution is 5.82. The molecule has 1 aliphatic heterocycles. The molecule has 1 aromatic carbocycles. The minimum absolute atomic E-state index is 0.204. The van der Waals surface area contributed by atoms with Gasteiger partial charge in [0.25, 0.3) is 0 Å². The molecule has 3 heteroatoms. The van der Waals surface area contributed by atoms with Gasteiger partial charge >= 0.3 is 0 Å². The summed E-state index contributed by atoms with van der Waals surface area (Å²) in [4.78, 5) is 9.50. The van der Waals surface area contributed by atoms with E-state index in [-0.39, 0.29) is 5.92 Å². The number of rotatable bonds is 1. The Labute approximate surface area is 107 Å². The van der Waals surface area contributed by atoms with Crippen LogP contribution in [0.15, 0.2) is 28.7 Å². The van der Waals surface area contributed by atoms with E-state index in [0.717, 1.165) is 37.1 Å². The second-order valence-corrected chi connectivity index (χ2v) is 4.81. The second kappa shape index (κ2) is 5.83. The van der Waals surface area contributed by atoms with Gasteiger partial charge in [-0.05, 0) is 19.0 Å². The quantitative estimate of drug-likeness (QED) is 0.785. The zero-order valence-corrected chi connectivity index (χ0v) is 10.9. The van der Waals surface area contributed by atoms with Gasteiger partial charge in [0.2, 0.25) is 0 Å². The fourth-order valence-electron chi connectivity index (χ4n) is 1.98. The number of benzene rings is 1. The van der Waals surface area contributed by atoms with Crippen molar-refractivity contribution in [2.24, 2.45) is 5.92 Å². The van der Waals surface area contributed by atoms with Crippen molar-refractivity contribution in [1.82, 2.24) is 5.32 Å². The second-order valence-electron chi connectivity index (χ2n) is 4.81. The van der Waals surface area contributed by atoms with E-state index in [9.17, 15) is 4.79 Å². The number of hydrogen-bond donors (Lipinski definition) is 1. The van der Waals surface area contributed by atoms with Crippen LogP contribution in [0.1, 0.15) is 25.2 Å². The fraction of sp³-hybridized carbons (Fsp3) is 0.400. The molecule has 1 aromatic heterocycles. The van der Waals surface area contributed by atoms with Crippen molar-refractivity contribution >= 4 is 17.3 Å². The summed E-state index contributed by atoms with van der Waals surface area (Å²) in [5.74, 6) is 1.32. The molecule has 0 bridgehead atoms. The van der Waals surface area contributed by atoms with Crippen LogP contribution in [0.3, 0.4) is 0 Å². The van der Waals surface area contributed by atoms with Crippen molar-refractivity contribution in [3.8, 4) is 0 Å². The third-order valence-electron chi connectivity index (χ3n) is 2.89. The topological polar surface area (TPSA) is 42.2 Å². The Morgan fingerprint density at radius 2 is 2.06 bits per heavy atom. The minimum atomic E-state index is 0.204. The zero-order valence-electron chi connectivity index (χ0n) is 10.9. The molecule has 0 atom stereocenters. The van der Waals surface area contributed by atoms with Gasteiger partial charge in [-0.2, -0.15) is 0 Å². The van der Waals surface area contributed by atoms with Crippen molar-refractivity contribution in [2.75, 3.05) is 6.54 Å². The summed E-state index contributed by atoms with van der Waals surface area (Å²) in [6, 6.07) is 8.27. The van der Waals surface area contributed by atoms with Crippen LogP contribution >= 0.6 is 0 Å². The number of carbonyl (C=O) groups excluding carboxylic acids is 1. The molecule has 0 amide bonds. The van der Waals surface area contributed by atoms with Crippen molar-refractivity contribution in [2.45, 2.75) is 26.8 Å². The standard InChI is InChI=1S/C11H11NO.C4H8O/c1-2-4-10-8(3-1)9-5-6-12-7-11(9)13-10;1-4(2)3-5/h1-4,12H,5-7H2;3-4H,1-2H3. The van der Waals surface area contributed by atoms with Crippen LogP contribution in [-0.4, -0.2) is 12.8 Å². The molecule has 0 saturated heterocycles. The average molecular weight is 245 g/mol. The summed E-state index contributed by atoms with van der Waals surface area (Å²) < 4.78 is 5.73. The Hall–Kier alpha value is -1.61. The first-order valence-electron chi connectivity index (χ1n) is 6.37. The number of para-hydroxylation sites is 1. The third-order valence-corrected chi connectivity index (χ3v) is 2.89. The summed E-state index contributed by atoms with van der Waals surface area (Å²) in [6.07, 6.45) is 2.01. The molecule has 18 heavy (non-hydrogen) atoms. The van der Waals surface area contributed by atoms with Crippen LogP contribution in [0.4, 0.5) is 0 Å². The van der Waals surface area contributed by atoms with Gasteiger partial charge in [-0.1, -0.05) is 32.0 Å². The van der Waals surface area contributed by atoms with Gasteiger partial charge in [-0.3, -0.25) is 0 Å². The SMILES string of the molecule is CC(C)C=O.c1ccc2c3c(oc2c1)CNCC3. The summed E-state index contributed by atoms with van der Waals surface area (Å²) in [6.45, 7) is 5.65. The molecular formula is C15H19NO2. The van der Waals surface area contributed by atoms with E-state index in [0.29, 0.717) is 0 Å². The van der Waals surface area contributed by atoms with E-state index < -0.39 is 0 Å². The monoisotopic (exact) mass is 245 g/mol. The predicted octanol–water partition coefficient (Wildman–Crippen LogP) is 2.92. The summed E-state index contributed by atoms with van der Waals surface area (Å²) in [5.41, 5.74) is 2.42. The van der Waals surface area contributed by atoms with Crippen LogP contribution in [-0.2, 0) is 17.8 Å². The van der Waals surface area contributed by atoms with Crippen LogP contribution in [0.5, 0.6) is 0 Å². The average Bonchev–Trinajstić information content (AvgIpc) is 2.78. The first-order valence-corrected chi connectivity index (χ1v) is 6.37. The largest absolute Gasteiger partial charge is 0.459 e. The number of aldehydes is 1. The maximum atomic E-state index is 9.50.